The summed E-state index contributed by atoms with van der Waals surface area (Å²) in [6.45, 7) is 4.08. The molecular formula is C13H11N2OS. The molecular weight excluding hydrogens is 232 g/mol. The number of amides is 1. The molecule has 1 aliphatic heterocycles. The van der Waals surface area contributed by atoms with E-state index < -0.39 is 0 Å². The Hall–Kier alpha value is -1.55. The van der Waals surface area contributed by atoms with Crippen LogP contribution < -0.4 is 5.32 Å². The minimum absolute atomic E-state index is 0.0470. The van der Waals surface area contributed by atoms with E-state index in [1.54, 1.807) is 0 Å². The number of thioether (sulfide) groups is 1. The van der Waals surface area contributed by atoms with Crippen LogP contribution >= 0.6 is 11.8 Å². The molecule has 0 unspecified atom stereocenters. The number of rotatable bonds is 0. The van der Waals surface area contributed by atoms with Crippen molar-refractivity contribution < 1.29 is 4.79 Å². The van der Waals surface area contributed by atoms with E-state index in [-0.39, 0.29) is 9.99 Å². The minimum Gasteiger partial charge on any atom is -0.301 e. The van der Waals surface area contributed by atoms with E-state index >= 15 is 0 Å². The Balaban J connectivity index is 2.30. The summed E-state index contributed by atoms with van der Waals surface area (Å²) < 4.78 is -0.238. The first-order chi connectivity index (χ1) is 8.06. The Bertz CT molecular complexity index is 622. The first-order valence-electron chi connectivity index (χ1n) is 5.37. The zero-order valence-electron chi connectivity index (χ0n) is 9.57. The van der Waals surface area contributed by atoms with Crippen LogP contribution in [0.3, 0.4) is 0 Å². The van der Waals surface area contributed by atoms with Crippen LogP contribution in [0.25, 0.3) is 10.9 Å². The van der Waals surface area contributed by atoms with Gasteiger partial charge in [-0.15, -0.1) is 0 Å². The second-order valence-corrected chi connectivity index (χ2v) is 6.12. The molecule has 85 valence electrons. The highest BCUT2D eigenvalue weighted by atomic mass is 32.2. The number of carbonyl (C=O) groups excluding carboxylic acids is 1. The van der Waals surface area contributed by atoms with Gasteiger partial charge in [0.05, 0.1) is 5.52 Å². The molecule has 1 radical (unpaired) electrons. The van der Waals surface area contributed by atoms with Crippen LogP contribution in [0.2, 0.25) is 0 Å². The number of pyridine rings is 1. The van der Waals surface area contributed by atoms with Crippen molar-refractivity contribution in [2.75, 3.05) is 5.32 Å². The maximum atomic E-state index is 11.6. The topological polar surface area (TPSA) is 42.0 Å². The average molecular weight is 243 g/mol. The highest BCUT2D eigenvalue weighted by Gasteiger charge is 2.33. The van der Waals surface area contributed by atoms with Crippen LogP contribution in [0.1, 0.15) is 19.4 Å². The number of benzene rings is 1. The number of hydrogen-bond acceptors (Lipinski definition) is 3. The summed E-state index contributed by atoms with van der Waals surface area (Å²) in [5.74, 6) is 0.672. The minimum atomic E-state index is -0.238. The lowest BCUT2D eigenvalue weighted by Crippen LogP contribution is -2.26. The summed E-state index contributed by atoms with van der Waals surface area (Å²) in [6.07, 6.45) is 0. The van der Waals surface area contributed by atoms with Gasteiger partial charge in [0.15, 0.2) is 0 Å². The molecule has 3 rings (SSSR count). The molecule has 1 amide bonds. The standard InChI is InChI=1S/C13H11N2OS/c1-13(2)9-7-8-5-3-4-6-10(8)14-11(9)15-12(16)17-13/h3,5-7H,1-2H3,(H,14,15,16). The second kappa shape index (κ2) is 3.47. The molecule has 4 heteroatoms. The van der Waals surface area contributed by atoms with E-state index in [2.05, 4.69) is 22.4 Å². The van der Waals surface area contributed by atoms with Gasteiger partial charge in [0, 0.05) is 15.7 Å². The van der Waals surface area contributed by atoms with Crippen molar-refractivity contribution in [2.24, 2.45) is 0 Å². The molecule has 2 heterocycles. The lowest BCUT2D eigenvalue weighted by molar-refractivity contribution is 0.269. The van der Waals surface area contributed by atoms with Crippen LogP contribution in [0.15, 0.2) is 24.3 Å². The number of aromatic nitrogens is 1. The Labute approximate surface area is 104 Å². The van der Waals surface area contributed by atoms with Gasteiger partial charge < -0.3 is 5.32 Å². The molecule has 0 aliphatic carbocycles. The predicted octanol–water partition coefficient (Wildman–Crippen LogP) is 3.55. The Morgan fingerprint density at radius 2 is 2.29 bits per heavy atom. The molecule has 0 saturated heterocycles. The van der Waals surface area contributed by atoms with Crippen LogP contribution in [0, 0.1) is 6.07 Å². The fraction of sp³-hybridized carbons (Fsp3) is 0.231. The number of nitrogens with zero attached hydrogens (tertiary/aromatic N) is 1. The molecule has 0 bridgehead atoms. The van der Waals surface area contributed by atoms with E-state index in [1.165, 1.54) is 11.8 Å². The summed E-state index contributed by atoms with van der Waals surface area (Å²) in [4.78, 5) is 16.1. The Morgan fingerprint density at radius 1 is 1.47 bits per heavy atom. The summed E-state index contributed by atoms with van der Waals surface area (Å²) in [5.41, 5.74) is 1.93. The molecule has 1 aromatic heterocycles. The molecule has 1 N–H and O–H groups in total. The lowest BCUT2D eigenvalue weighted by atomic mass is 10.0. The normalized spacial score (nSPS) is 17.6. The van der Waals surface area contributed by atoms with Gasteiger partial charge in [-0.2, -0.15) is 0 Å². The monoisotopic (exact) mass is 243 g/mol. The van der Waals surface area contributed by atoms with Crippen molar-refractivity contribution in [3.63, 3.8) is 0 Å². The smallest absolute Gasteiger partial charge is 0.285 e. The highest BCUT2D eigenvalue weighted by Crippen LogP contribution is 2.44. The third-order valence-corrected chi connectivity index (χ3v) is 3.90. The maximum Gasteiger partial charge on any atom is 0.285 e. The molecule has 0 spiro atoms. The van der Waals surface area contributed by atoms with Gasteiger partial charge >= 0.3 is 0 Å². The first kappa shape index (κ1) is 10.6. The fourth-order valence-electron chi connectivity index (χ4n) is 2.02. The van der Waals surface area contributed by atoms with Crippen molar-refractivity contribution in [3.8, 4) is 0 Å². The van der Waals surface area contributed by atoms with Gasteiger partial charge in [-0.1, -0.05) is 23.9 Å². The Morgan fingerprint density at radius 3 is 3.12 bits per heavy atom. The lowest BCUT2D eigenvalue weighted by Gasteiger charge is -2.30. The molecule has 0 atom stereocenters. The van der Waals surface area contributed by atoms with Crippen LogP contribution in [0.5, 0.6) is 0 Å². The summed E-state index contributed by atoms with van der Waals surface area (Å²) in [6, 6.07) is 10.8. The molecule has 0 saturated carbocycles. The van der Waals surface area contributed by atoms with E-state index in [0.29, 0.717) is 5.82 Å². The summed E-state index contributed by atoms with van der Waals surface area (Å²) in [7, 11) is 0. The zero-order valence-corrected chi connectivity index (χ0v) is 10.4. The van der Waals surface area contributed by atoms with Crippen molar-refractivity contribution in [1.29, 1.82) is 0 Å². The molecule has 2 aromatic rings. The number of anilines is 1. The van der Waals surface area contributed by atoms with Crippen molar-refractivity contribution in [2.45, 2.75) is 18.6 Å². The van der Waals surface area contributed by atoms with Gasteiger partial charge in [-0.05, 0) is 32.0 Å². The van der Waals surface area contributed by atoms with E-state index in [9.17, 15) is 4.79 Å². The molecule has 1 aliphatic rings. The SMILES string of the molecule is CC1(C)SC(=O)Nc2nc3c[c]ccc3cc21. The third kappa shape index (κ3) is 1.69. The third-order valence-electron chi connectivity index (χ3n) is 2.88. The quantitative estimate of drug-likeness (QED) is 0.769. The number of nitrogens with one attached hydrogen (secondary N) is 1. The van der Waals surface area contributed by atoms with Gasteiger partial charge in [-0.3, -0.25) is 4.79 Å². The van der Waals surface area contributed by atoms with Crippen LogP contribution in [0.4, 0.5) is 10.6 Å². The molecule has 3 nitrogen and oxygen atoms in total. The van der Waals surface area contributed by atoms with Gasteiger partial charge in [-0.25, -0.2) is 4.98 Å². The Kier molecular flexibility index (Phi) is 2.16. The van der Waals surface area contributed by atoms with Gasteiger partial charge in [0.25, 0.3) is 5.24 Å². The first-order valence-corrected chi connectivity index (χ1v) is 6.19. The van der Waals surface area contributed by atoms with Gasteiger partial charge in [0.2, 0.25) is 0 Å². The fourth-order valence-corrected chi connectivity index (χ4v) is 2.90. The predicted molar refractivity (Wildman–Crippen MR) is 70.2 cm³/mol. The molecule has 1 aromatic carbocycles. The average Bonchev–Trinajstić information content (AvgIpc) is 2.26. The molecule has 0 fully saturated rings. The highest BCUT2D eigenvalue weighted by molar-refractivity contribution is 8.14. The van der Waals surface area contributed by atoms with E-state index in [1.807, 2.05) is 32.0 Å². The van der Waals surface area contributed by atoms with Crippen molar-refractivity contribution >= 4 is 33.7 Å². The van der Waals surface area contributed by atoms with Crippen LogP contribution in [-0.2, 0) is 4.75 Å². The van der Waals surface area contributed by atoms with Crippen LogP contribution in [-0.4, -0.2) is 10.2 Å². The number of fused-ring (bicyclic) bond motifs is 2. The van der Waals surface area contributed by atoms with Gasteiger partial charge in [0.1, 0.15) is 5.82 Å². The van der Waals surface area contributed by atoms with E-state index in [0.717, 1.165) is 16.5 Å². The second-order valence-electron chi connectivity index (χ2n) is 4.53. The van der Waals surface area contributed by atoms with E-state index in [4.69, 9.17) is 0 Å². The van der Waals surface area contributed by atoms with Crippen molar-refractivity contribution in [3.05, 3.63) is 35.9 Å². The number of hydrogen-bond donors (Lipinski definition) is 1. The summed E-state index contributed by atoms with van der Waals surface area (Å²) >= 11 is 1.30. The molecule has 17 heavy (non-hydrogen) atoms. The summed E-state index contributed by atoms with van der Waals surface area (Å²) in [5, 5.41) is 3.84. The number of carbonyl (C=O) groups is 1. The van der Waals surface area contributed by atoms with Crippen molar-refractivity contribution in [1.82, 2.24) is 4.98 Å². The maximum absolute atomic E-state index is 11.6. The zero-order chi connectivity index (χ0) is 12.0. The largest absolute Gasteiger partial charge is 0.301 e.